The van der Waals surface area contributed by atoms with Crippen molar-refractivity contribution in [2.75, 3.05) is 0 Å². The van der Waals surface area contributed by atoms with Crippen LogP contribution in [0.3, 0.4) is 0 Å². The number of aliphatic imine (C=N–C) groups is 1. The van der Waals surface area contributed by atoms with Gasteiger partial charge in [-0.25, -0.2) is 0 Å². The van der Waals surface area contributed by atoms with E-state index in [9.17, 15) is 0 Å². The van der Waals surface area contributed by atoms with Crippen molar-refractivity contribution in [2.45, 2.75) is 33.8 Å². The van der Waals surface area contributed by atoms with E-state index >= 15 is 0 Å². The van der Waals surface area contributed by atoms with Crippen molar-refractivity contribution in [1.29, 1.82) is 5.26 Å². The zero-order valence-corrected chi connectivity index (χ0v) is 10.1. The summed E-state index contributed by atoms with van der Waals surface area (Å²) < 4.78 is 5.38. The van der Waals surface area contributed by atoms with E-state index in [-0.39, 0.29) is 6.10 Å². The molecule has 0 spiro atoms. The van der Waals surface area contributed by atoms with Crippen LogP contribution in [0.4, 0.5) is 0 Å². The van der Waals surface area contributed by atoms with Gasteiger partial charge in [-0.15, -0.1) is 4.99 Å². The van der Waals surface area contributed by atoms with Crippen LogP contribution < -0.4 is 0 Å². The number of nitriles is 1. The molecular formula is C12H17N3O. The number of ether oxygens (including phenoxy) is 1. The van der Waals surface area contributed by atoms with Crippen LogP contribution in [0.25, 0.3) is 0 Å². The summed E-state index contributed by atoms with van der Waals surface area (Å²) in [5, 5.41) is 8.48. The first-order valence-electron chi connectivity index (χ1n) is 5.28. The zero-order valence-electron chi connectivity index (χ0n) is 10.1. The first-order chi connectivity index (χ1) is 7.74. The number of hydrogen-bond acceptors (Lipinski definition) is 4. The molecule has 0 radical (unpaired) electrons. The van der Waals surface area contributed by atoms with Crippen LogP contribution in [-0.2, 0) is 4.74 Å². The Morgan fingerprint density at radius 2 is 1.94 bits per heavy atom. The second-order valence-electron chi connectivity index (χ2n) is 2.92. The maximum atomic E-state index is 8.48. The van der Waals surface area contributed by atoms with E-state index in [1.54, 1.807) is 30.7 Å². The number of nitrogens with zero attached hydrogens (tertiary/aromatic N) is 3. The van der Waals surface area contributed by atoms with Crippen LogP contribution in [0.5, 0.6) is 0 Å². The highest BCUT2D eigenvalue weighted by Crippen LogP contribution is 2.03. The van der Waals surface area contributed by atoms with Crippen LogP contribution in [0.1, 0.15) is 33.3 Å². The van der Waals surface area contributed by atoms with E-state index in [1.807, 2.05) is 27.7 Å². The van der Waals surface area contributed by atoms with Gasteiger partial charge in [0.15, 0.2) is 0 Å². The molecule has 86 valence electrons. The number of aromatic nitrogens is 1. The molecule has 0 N–H and O–H groups in total. The average molecular weight is 219 g/mol. The predicted molar refractivity (Wildman–Crippen MR) is 64.0 cm³/mol. The molecule has 16 heavy (non-hydrogen) atoms. The van der Waals surface area contributed by atoms with Gasteiger partial charge in [-0.1, -0.05) is 13.8 Å². The Bertz CT molecular complexity index is 352. The summed E-state index contributed by atoms with van der Waals surface area (Å²) in [6.07, 6.45) is 4.97. The summed E-state index contributed by atoms with van der Waals surface area (Å²) in [4.78, 5) is 7.48. The summed E-state index contributed by atoms with van der Waals surface area (Å²) in [6.45, 7) is 7.77. The maximum Gasteiger partial charge on any atom is 0.232 e. The van der Waals surface area contributed by atoms with E-state index in [0.29, 0.717) is 5.90 Å². The molecule has 0 aliphatic carbocycles. The number of pyridine rings is 1. The van der Waals surface area contributed by atoms with E-state index < -0.39 is 0 Å². The van der Waals surface area contributed by atoms with Crippen molar-refractivity contribution in [3.63, 3.8) is 0 Å². The SMILES string of the molecule is CC.CC(C)OC(=NC#N)c1ccncc1. The molecule has 0 aliphatic rings. The minimum absolute atomic E-state index is 0.00438. The van der Waals surface area contributed by atoms with Gasteiger partial charge in [0.25, 0.3) is 0 Å². The Kier molecular flexibility index (Phi) is 7.43. The van der Waals surface area contributed by atoms with Crippen molar-refractivity contribution in [3.05, 3.63) is 30.1 Å². The molecule has 0 aliphatic heterocycles. The van der Waals surface area contributed by atoms with Crippen LogP contribution in [-0.4, -0.2) is 17.0 Å². The van der Waals surface area contributed by atoms with Crippen LogP contribution in [0.15, 0.2) is 29.5 Å². The summed E-state index contributed by atoms with van der Waals surface area (Å²) in [6, 6.07) is 3.50. The summed E-state index contributed by atoms with van der Waals surface area (Å²) >= 11 is 0. The summed E-state index contributed by atoms with van der Waals surface area (Å²) in [7, 11) is 0. The zero-order chi connectivity index (χ0) is 12.4. The minimum Gasteiger partial charge on any atom is -0.474 e. The Balaban J connectivity index is 0.00000106. The molecule has 4 nitrogen and oxygen atoms in total. The largest absolute Gasteiger partial charge is 0.474 e. The second-order valence-corrected chi connectivity index (χ2v) is 2.92. The van der Waals surface area contributed by atoms with Crippen molar-refractivity contribution in [1.82, 2.24) is 4.98 Å². The molecule has 0 aromatic carbocycles. The smallest absolute Gasteiger partial charge is 0.232 e. The molecule has 0 fully saturated rings. The molecule has 0 bridgehead atoms. The van der Waals surface area contributed by atoms with E-state index in [1.165, 1.54) is 0 Å². The quantitative estimate of drug-likeness (QED) is 0.436. The van der Waals surface area contributed by atoms with Gasteiger partial charge in [0.05, 0.1) is 6.10 Å². The van der Waals surface area contributed by atoms with Gasteiger partial charge in [-0.2, -0.15) is 5.26 Å². The number of hydrogen-bond donors (Lipinski definition) is 0. The van der Waals surface area contributed by atoms with Crippen molar-refractivity contribution >= 4 is 5.90 Å². The Labute approximate surface area is 96.6 Å². The summed E-state index contributed by atoms with van der Waals surface area (Å²) in [5.74, 6) is 0.338. The van der Waals surface area contributed by atoms with Gasteiger partial charge in [-0.05, 0) is 26.0 Å². The lowest BCUT2D eigenvalue weighted by Gasteiger charge is -2.10. The highest BCUT2D eigenvalue weighted by atomic mass is 16.5. The first kappa shape index (κ1) is 14.1. The third kappa shape index (κ3) is 5.11. The first-order valence-corrected chi connectivity index (χ1v) is 5.28. The fraction of sp³-hybridized carbons (Fsp3) is 0.417. The van der Waals surface area contributed by atoms with E-state index in [2.05, 4.69) is 9.98 Å². The third-order valence-corrected chi connectivity index (χ3v) is 1.43. The maximum absolute atomic E-state index is 8.48. The molecule has 4 heteroatoms. The standard InChI is InChI=1S/C10H11N3O.C2H6/c1-8(2)14-10(13-7-11)9-3-5-12-6-4-9;1-2/h3-6,8H,1-2H3;1-2H3. The Morgan fingerprint density at radius 1 is 1.38 bits per heavy atom. The van der Waals surface area contributed by atoms with E-state index in [0.717, 1.165) is 5.56 Å². The third-order valence-electron chi connectivity index (χ3n) is 1.43. The van der Waals surface area contributed by atoms with Gasteiger partial charge in [0.1, 0.15) is 0 Å². The van der Waals surface area contributed by atoms with Crippen molar-refractivity contribution < 1.29 is 4.74 Å². The summed E-state index contributed by atoms with van der Waals surface area (Å²) in [5.41, 5.74) is 0.759. The molecular weight excluding hydrogens is 202 g/mol. The highest BCUT2D eigenvalue weighted by Gasteiger charge is 2.06. The molecule has 1 heterocycles. The lowest BCUT2D eigenvalue weighted by molar-refractivity contribution is 0.230. The monoisotopic (exact) mass is 219 g/mol. The second kappa shape index (κ2) is 8.42. The van der Waals surface area contributed by atoms with Gasteiger partial charge in [0.2, 0.25) is 12.1 Å². The lowest BCUT2D eigenvalue weighted by Crippen LogP contribution is -2.12. The van der Waals surface area contributed by atoms with Crippen LogP contribution in [0, 0.1) is 11.5 Å². The lowest BCUT2D eigenvalue weighted by atomic mass is 10.2. The van der Waals surface area contributed by atoms with Crippen molar-refractivity contribution in [3.8, 4) is 6.19 Å². The average Bonchev–Trinajstić information content (AvgIpc) is 2.32. The van der Waals surface area contributed by atoms with E-state index in [4.69, 9.17) is 10.00 Å². The molecule has 0 saturated heterocycles. The molecule has 0 unspecified atom stereocenters. The molecule has 0 atom stereocenters. The molecule has 1 aromatic heterocycles. The van der Waals surface area contributed by atoms with Gasteiger partial charge in [-0.3, -0.25) is 4.98 Å². The molecule has 1 rings (SSSR count). The topological polar surface area (TPSA) is 58.3 Å². The molecule has 0 saturated carbocycles. The van der Waals surface area contributed by atoms with Gasteiger partial charge < -0.3 is 4.74 Å². The normalized spacial score (nSPS) is 10.1. The molecule has 0 amide bonds. The molecule has 1 aromatic rings. The highest BCUT2D eigenvalue weighted by molar-refractivity contribution is 5.94. The van der Waals surface area contributed by atoms with Gasteiger partial charge >= 0.3 is 0 Å². The Hall–Kier alpha value is -1.89. The van der Waals surface area contributed by atoms with Crippen molar-refractivity contribution in [2.24, 2.45) is 4.99 Å². The predicted octanol–water partition coefficient (Wildman–Crippen LogP) is 2.76. The fourth-order valence-electron chi connectivity index (χ4n) is 0.922. The fourth-order valence-corrected chi connectivity index (χ4v) is 0.922. The Morgan fingerprint density at radius 3 is 2.38 bits per heavy atom. The van der Waals surface area contributed by atoms with Gasteiger partial charge in [0, 0.05) is 18.0 Å². The minimum atomic E-state index is -0.00438. The number of rotatable bonds is 2. The van der Waals surface area contributed by atoms with Crippen LogP contribution in [0.2, 0.25) is 0 Å². The van der Waals surface area contributed by atoms with Crippen LogP contribution >= 0.6 is 0 Å².